The minimum Gasteiger partial charge on any atom is -0.344 e. The molecular weight excluding hydrogens is 372 g/mol. The number of carbonyl (C=O) groups is 1. The summed E-state index contributed by atoms with van der Waals surface area (Å²) in [6, 6.07) is 10.3. The van der Waals surface area contributed by atoms with Gasteiger partial charge < -0.3 is 9.88 Å². The summed E-state index contributed by atoms with van der Waals surface area (Å²) < 4.78 is 2.28. The molecule has 2 aromatic heterocycles. The molecule has 3 aromatic rings. The maximum Gasteiger partial charge on any atom is 0.238 e. The molecule has 0 aliphatic carbocycles. The van der Waals surface area contributed by atoms with E-state index in [1.807, 2.05) is 12.3 Å². The van der Waals surface area contributed by atoms with Crippen LogP contribution in [-0.2, 0) is 17.8 Å². The van der Waals surface area contributed by atoms with E-state index >= 15 is 0 Å². The van der Waals surface area contributed by atoms with Crippen molar-refractivity contribution in [2.24, 2.45) is 5.92 Å². The first-order chi connectivity index (χ1) is 14.6. The molecule has 1 aliphatic heterocycles. The van der Waals surface area contributed by atoms with E-state index < -0.39 is 0 Å². The van der Waals surface area contributed by atoms with Crippen molar-refractivity contribution in [2.45, 2.75) is 45.3 Å². The number of carbonyl (C=O) groups excluding carboxylic acids is 1. The predicted octanol–water partition coefficient (Wildman–Crippen LogP) is 3.44. The van der Waals surface area contributed by atoms with Crippen LogP contribution in [0.4, 0.5) is 0 Å². The number of aromatic nitrogens is 2. The third-order valence-corrected chi connectivity index (χ3v) is 5.68. The fraction of sp³-hybridized carbons (Fsp3) is 0.360. The van der Waals surface area contributed by atoms with E-state index in [0.29, 0.717) is 12.3 Å². The normalized spacial score (nSPS) is 18.2. The third-order valence-electron chi connectivity index (χ3n) is 5.68. The fourth-order valence-corrected chi connectivity index (χ4v) is 4.44. The van der Waals surface area contributed by atoms with Crippen molar-refractivity contribution < 1.29 is 4.79 Å². The SMILES string of the molecule is C#CCNC(=O)[C@@H]1Cc2cn(Cc3cccnc3)c3cccc(c23)[C@H](CC(C)C)N1. The van der Waals surface area contributed by atoms with Crippen LogP contribution in [0, 0.1) is 18.3 Å². The smallest absolute Gasteiger partial charge is 0.238 e. The molecule has 1 aliphatic rings. The monoisotopic (exact) mass is 400 g/mol. The Bertz CT molecular complexity index is 1080. The van der Waals surface area contributed by atoms with Crippen LogP contribution >= 0.6 is 0 Å². The number of benzene rings is 1. The summed E-state index contributed by atoms with van der Waals surface area (Å²) in [5.74, 6) is 2.96. The van der Waals surface area contributed by atoms with Gasteiger partial charge in [0.2, 0.25) is 5.91 Å². The van der Waals surface area contributed by atoms with Gasteiger partial charge in [-0.15, -0.1) is 6.42 Å². The lowest BCUT2D eigenvalue weighted by molar-refractivity contribution is -0.123. The van der Waals surface area contributed by atoms with Crippen LogP contribution < -0.4 is 10.6 Å². The fourth-order valence-electron chi connectivity index (χ4n) is 4.44. The zero-order chi connectivity index (χ0) is 21.1. The molecule has 0 spiro atoms. The molecule has 0 saturated heterocycles. The summed E-state index contributed by atoms with van der Waals surface area (Å²) >= 11 is 0. The minimum atomic E-state index is -0.313. The Hall–Kier alpha value is -3.10. The van der Waals surface area contributed by atoms with Gasteiger partial charge in [-0.3, -0.25) is 15.1 Å². The highest BCUT2D eigenvalue weighted by molar-refractivity contribution is 5.90. The van der Waals surface area contributed by atoms with Crippen molar-refractivity contribution in [3.8, 4) is 12.3 Å². The zero-order valence-electron chi connectivity index (χ0n) is 17.6. The standard InChI is InChI=1S/C25H28N4O/c1-4-10-27-25(30)22-13-19-16-29(15-18-7-6-11-26-14-18)23-9-5-8-20(24(19)23)21(28-22)12-17(2)3/h1,5-9,11,14,16-17,21-22,28H,10,12-13,15H2,2-3H3,(H,27,30)/t21-,22-/m0/s1. The van der Waals surface area contributed by atoms with Gasteiger partial charge in [0.25, 0.3) is 0 Å². The number of hydrogen-bond acceptors (Lipinski definition) is 3. The number of rotatable bonds is 6. The van der Waals surface area contributed by atoms with Crippen molar-refractivity contribution >= 4 is 16.8 Å². The lowest BCUT2D eigenvalue weighted by Gasteiger charge is -2.25. The molecule has 0 unspecified atom stereocenters. The second kappa shape index (κ2) is 8.73. The number of pyridine rings is 1. The lowest BCUT2D eigenvalue weighted by Crippen LogP contribution is -2.46. The summed E-state index contributed by atoms with van der Waals surface area (Å²) in [6.45, 7) is 5.43. The minimum absolute atomic E-state index is 0.0392. The molecule has 1 aromatic carbocycles. The molecule has 0 bridgehead atoms. The van der Waals surface area contributed by atoms with Gasteiger partial charge in [0.05, 0.1) is 12.6 Å². The van der Waals surface area contributed by atoms with E-state index in [-0.39, 0.29) is 24.5 Å². The van der Waals surface area contributed by atoms with Gasteiger partial charge in [-0.25, -0.2) is 0 Å². The highest BCUT2D eigenvalue weighted by atomic mass is 16.2. The van der Waals surface area contributed by atoms with Crippen molar-refractivity contribution in [2.75, 3.05) is 6.54 Å². The molecule has 1 amide bonds. The summed E-state index contributed by atoms with van der Waals surface area (Å²) in [7, 11) is 0. The molecule has 0 fully saturated rings. The Balaban J connectivity index is 1.77. The van der Waals surface area contributed by atoms with Gasteiger partial charge in [0.15, 0.2) is 0 Å². The van der Waals surface area contributed by atoms with Crippen LogP contribution in [0.25, 0.3) is 10.9 Å². The summed E-state index contributed by atoms with van der Waals surface area (Å²) in [4.78, 5) is 17.1. The number of amides is 1. The Labute approximate surface area is 177 Å². The quantitative estimate of drug-likeness (QED) is 0.623. The molecule has 2 atom stereocenters. The predicted molar refractivity (Wildman–Crippen MR) is 120 cm³/mol. The van der Waals surface area contributed by atoms with Crippen molar-refractivity contribution in [1.29, 1.82) is 0 Å². The Morgan fingerprint density at radius 1 is 1.37 bits per heavy atom. The second-order valence-electron chi connectivity index (χ2n) is 8.41. The van der Waals surface area contributed by atoms with Crippen LogP contribution in [0.3, 0.4) is 0 Å². The van der Waals surface area contributed by atoms with E-state index in [9.17, 15) is 4.79 Å². The summed E-state index contributed by atoms with van der Waals surface area (Å²) in [5, 5.41) is 7.74. The van der Waals surface area contributed by atoms with E-state index in [0.717, 1.165) is 18.5 Å². The largest absolute Gasteiger partial charge is 0.344 e. The molecule has 5 nitrogen and oxygen atoms in total. The van der Waals surface area contributed by atoms with Gasteiger partial charge >= 0.3 is 0 Å². The number of hydrogen-bond donors (Lipinski definition) is 2. The molecule has 30 heavy (non-hydrogen) atoms. The van der Waals surface area contributed by atoms with Gasteiger partial charge in [0.1, 0.15) is 0 Å². The maximum absolute atomic E-state index is 12.8. The van der Waals surface area contributed by atoms with Crippen LogP contribution in [0.2, 0.25) is 0 Å². The van der Waals surface area contributed by atoms with Crippen LogP contribution in [0.15, 0.2) is 48.9 Å². The van der Waals surface area contributed by atoms with E-state index in [2.05, 4.69) is 70.4 Å². The van der Waals surface area contributed by atoms with Gasteiger partial charge in [-0.1, -0.05) is 38.0 Å². The van der Waals surface area contributed by atoms with Crippen molar-refractivity contribution in [3.63, 3.8) is 0 Å². The zero-order valence-corrected chi connectivity index (χ0v) is 17.6. The van der Waals surface area contributed by atoms with E-state index in [1.54, 1.807) is 6.20 Å². The average molecular weight is 401 g/mol. The Kier molecular flexibility index (Phi) is 5.87. The maximum atomic E-state index is 12.8. The number of nitrogens with zero attached hydrogens (tertiary/aromatic N) is 2. The average Bonchev–Trinajstić information content (AvgIpc) is 3.00. The first kappa shape index (κ1) is 20.2. The molecule has 3 heterocycles. The van der Waals surface area contributed by atoms with Gasteiger partial charge in [-0.05, 0) is 47.6 Å². The Morgan fingerprint density at radius 2 is 2.23 bits per heavy atom. The Morgan fingerprint density at radius 3 is 2.97 bits per heavy atom. The van der Waals surface area contributed by atoms with Crippen molar-refractivity contribution in [1.82, 2.24) is 20.2 Å². The van der Waals surface area contributed by atoms with E-state index in [1.165, 1.54) is 22.0 Å². The first-order valence-corrected chi connectivity index (χ1v) is 10.5. The van der Waals surface area contributed by atoms with Gasteiger partial charge in [0, 0.05) is 42.1 Å². The summed E-state index contributed by atoms with van der Waals surface area (Å²) in [6.07, 6.45) is 12.8. The highest BCUT2D eigenvalue weighted by Crippen LogP contribution is 2.36. The van der Waals surface area contributed by atoms with Crippen LogP contribution in [-0.4, -0.2) is 28.0 Å². The highest BCUT2D eigenvalue weighted by Gasteiger charge is 2.30. The van der Waals surface area contributed by atoms with E-state index in [4.69, 9.17) is 6.42 Å². The van der Waals surface area contributed by atoms with Gasteiger partial charge in [-0.2, -0.15) is 0 Å². The molecule has 0 saturated carbocycles. The number of nitrogens with one attached hydrogen (secondary N) is 2. The molecular formula is C25H28N4O. The van der Waals surface area contributed by atoms with Crippen LogP contribution in [0.1, 0.15) is 43.0 Å². The van der Waals surface area contributed by atoms with Crippen molar-refractivity contribution in [3.05, 3.63) is 65.6 Å². The molecule has 154 valence electrons. The first-order valence-electron chi connectivity index (χ1n) is 10.5. The third kappa shape index (κ3) is 4.10. The molecule has 2 N–H and O–H groups in total. The molecule has 5 heteroatoms. The lowest BCUT2D eigenvalue weighted by atomic mass is 9.94. The van der Waals surface area contributed by atoms with Crippen LogP contribution in [0.5, 0.6) is 0 Å². The second-order valence-corrected chi connectivity index (χ2v) is 8.41. The molecule has 0 radical (unpaired) electrons. The summed E-state index contributed by atoms with van der Waals surface area (Å²) in [5.41, 5.74) is 4.83. The topological polar surface area (TPSA) is 59.0 Å². The number of terminal acetylenes is 1. The molecule has 4 rings (SSSR count).